The number of nitrogens with one attached hydrogen (secondary N) is 1. The van der Waals surface area contributed by atoms with E-state index in [0.717, 1.165) is 5.56 Å². The Balaban J connectivity index is 1.74. The van der Waals surface area contributed by atoms with Crippen molar-refractivity contribution in [3.05, 3.63) is 106 Å². The Morgan fingerprint density at radius 2 is 1.77 bits per heavy atom. The van der Waals surface area contributed by atoms with Gasteiger partial charge in [-0.25, -0.2) is 4.39 Å². The number of hydrogen-bond donors (Lipinski definition) is 1. The summed E-state index contributed by atoms with van der Waals surface area (Å²) in [4.78, 5) is 10.6. The Bertz CT molecular complexity index is 1190. The maximum absolute atomic E-state index is 14.6. The smallest absolute Gasteiger partial charge is 0.269 e. The van der Waals surface area contributed by atoms with Gasteiger partial charge in [0.1, 0.15) is 11.9 Å². The molecule has 0 fully saturated rings. The first-order valence-electron chi connectivity index (χ1n) is 9.18. The third-order valence-corrected chi connectivity index (χ3v) is 4.65. The molecule has 30 heavy (non-hydrogen) atoms. The minimum absolute atomic E-state index is 0.0235. The van der Waals surface area contributed by atoms with E-state index in [1.807, 2.05) is 30.3 Å². The highest BCUT2D eigenvalue weighted by atomic mass is 19.1. The molecule has 0 aliphatic carbocycles. The molecule has 4 rings (SSSR count). The zero-order valence-corrected chi connectivity index (χ0v) is 15.9. The monoisotopic (exact) mass is 404 g/mol. The van der Waals surface area contributed by atoms with E-state index in [1.54, 1.807) is 31.2 Å². The summed E-state index contributed by atoms with van der Waals surface area (Å²) in [5, 5.41) is 22.4. The Morgan fingerprint density at radius 3 is 2.47 bits per heavy atom. The van der Waals surface area contributed by atoms with Gasteiger partial charge in [0, 0.05) is 28.9 Å². The van der Waals surface area contributed by atoms with Gasteiger partial charge in [-0.2, -0.15) is 0 Å². The summed E-state index contributed by atoms with van der Waals surface area (Å²) in [5.74, 6) is 0.0555. The number of nitro benzene ring substituents is 1. The molecule has 1 N–H and O–H groups in total. The van der Waals surface area contributed by atoms with E-state index < -0.39 is 16.8 Å². The van der Waals surface area contributed by atoms with Crippen LogP contribution in [0.5, 0.6) is 0 Å². The maximum Gasteiger partial charge on any atom is 0.269 e. The molecule has 1 atom stereocenters. The predicted molar refractivity (Wildman–Crippen MR) is 109 cm³/mol. The fourth-order valence-corrected chi connectivity index (χ4v) is 3.11. The largest absolute Gasteiger partial charge is 0.418 e. The highest BCUT2D eigenvalue weighted by molar-refractivity contribution is 5.58. The summed E-state index contributed by atoms with van der Waals surface area (Å²) in [6.45, 7) is 1.73. The van der Waals surface area contributed by atoms with Crippen LogP contribution >= 0.6 is 0 Å². The summed E-state index contributed by atoms with van der Waals surface area (Å²) in [6.07, 6.45) is 0. The minimum atomic E-state index is -0.781. The molecule has 0 unspecified atom stereocenters. The van der Waals surface area contributed by atoms with Crippen LogP contribution in [0.15, 0.2) is 77.2 Å². The number of nitro groups is 1. The van der Waals surface area contributed by atoms with Crippen molar-refractivity contribution in [2.45, 2.75) is 13.0 Å². The van der Waals surface area contributed by atoms with E-state index in [9.17, 15) is 14.5 Å². The third-order valence-electron chi connectivity index (χ3n) is 4.65. The highest BCUT2D eigenvalue weighted by Gasteiger charge is 2.25. The topological polar surface area (TPSA) is 94.1 Å². The second-order valence-corrected chi connectivity index (χ2v) is 6.67. The van der Waals surface area contributed by atoms with E-state index in [2.05, 4.69) is 15.5 Å². The van der Waals surface area contributed by atoms with Gasteiger partial charge in [0.2, 0.25) is 11.8 Å². The quantitative estimate of drug-likeness (QED) is 0.346. The van der Waals surface area contributed by atoms with Crippen LogP contribution in [0.4, 0.5) is 15.8 Å². The number of hydrogen-bond acceptors (Lipinski definition) is 6. The van der Waals surface area contributed by atoms with Gasteiger partial charge in [0.25, 0.3) is 5.69 Å². The Hall–Kier alpha value is -4.07. The molecule has 0 spiro atoms. The lowest BCUT2D eigenvalue weighted by molar-refractivity contribution is -0.384. The molecule has 7 nitrogen and oxygen atoms in total. The molecule has 0 aliphatic rings. The number of rotatable bonds is 6. The number of benzene rings is 3. The molecule has 1 aromatic heterocycles. The molecular formula is C22H17FN4O3. The molecule has 0 bridgehead atoms. The maximum atomic E-state index is 14.6. The van der Waals surface area contributed by atoms with E-state index in [-0.39, 0.29) is 11.6 Å². The van der Waals surface area contributed by atoms with Crippen LogP contribution in [0.25, 0.3) is 11.5 Å². The van der Waals surface area contributed by atoms with Crippen LogP contribution in [-0.4, -0.2) is 15.1 Å². The molecule has 4 aromatic rings. The second kappa shape index (κ2) is 8.12. The lowest BCUT2D eigenvalue weighted by Gasteiger charge is -2.19. The van der Waals surface area contributed by atoms with Crippen molar-refractivity contribution in [3.8, 4) is 11.5 Å². The van der Waals surface area contributed by atoms with Gasteiger partial charge in [-0.15, -0.1) is 10.2 Å². The summed E-state index contributed by atoms with van der Waals surface area (Å²) < 4.78 is 20.5. The fourth-order valence-electron chi connectivity index (χ4n) is 3.11. The van der Waals surface area contributed by atoms with Gasteiger partial charge in [-0.3, -0.25) is 10.1 Å². The van der Waals surface area contributed by atoms with Gasteiger partial charge in [0.05, 0.1) is 4.92 Å². The van der Waals surface area contributed by atoms with Crippen molar-refractivity contribution in [1.29, 1.82) is 0 Å². The van der Waals surface area contributed by atoms with Crippen LogP contribution in [0.1, 0.15) is 23.1 Å². The van der Waals surface area contributed by atoms with Gasteiger partial charge in [-0.05, 0) is 36.8 Å². The summed E-state index contributed by atoms with van der Waals surface area (Å²) in [7, 11) is 0. The number of aryl methyl sites for hydroxylation is 1. The minimum Gasteiger partial charge on any atom is -0.418 e. The molecule has 0 amide bonds. The molecule has 0 aliphatic heterocycles. The van der Waals surface area contributed by atoms with Crippen molar-refractivity contribution >= 4 is 11.4 Å². The normalized spacial score (nSPS) is 11.8. The van der Waals surface area contributed by atoms with E-state index >= 15 is 0 Å². The van der Waals surface area contributed by atoms with E-state index in [1.165, 1.54) is 18.2 Å². The van der Waals surface area contributed by atoms with Gasteiger partial charge >= 0.3 is 0 Å². The van der Waals surface area contributed by atoms with Crippen LogP contribution in [-0.2, 0) is 0 Å². The van der Waals surface area contributed by atoms with Crippen molar-refractivity contribution in [2.24, 2.45) is 0 Å². The van der Waals surface area contributed by atoms with Crippen molar-refractivity contribution in [2.75, 3.05) is 5.32 Å². The molecule has 3 aromatic carbocycles. The van der Waals surface area contributed by atoms with Crippen LogP contribution in [0.3, 0.4) is 0 Å². The molecule has 150 valence electrons. The fraction of sp³-hybridized carbons (Fsp3) is 0.0909. The first-order valence-corrected chi connectivity index (χ1v) is 9.18. The lowest BCUT2D eigenvalue weighted by Crippen LogP contribution is -2.15. The summed E-state index contributed by atoms with van der Waals surface area (Å²) in [6, 6.07) is 19.2. The molecule has 0 saturated heterocycles. The average Bonchev–Trinajstić information content (AvgIpc) is 3.24. The summed E-state index contributed by atoms with van der Waals surface area (Å²) >= 11 is 0. The van der Waals surface area contributed by atoms with Crippen LogP contribution in [0, 0.1) is 22.9 Å². The number of non-ortho nitro benzene ring substituents is 1. The molecular weight excluding hydrogens is 387 g/mol. The molecule has 0 radical (unpaired) electrons. The Morgan fingerprint density at radius 1 is 1.03 bits per heavy atom. The van der Waals surface area contributed by atoms with Crippen molar-refractivity contribution in [1.82, 2.24) is 10.2 Å². The van der Waals surface area contributed by atoms with Gasteiger partial charge in [0.15, 0.2) is 0 Å². The van der Waals surface area contributed by atoms with Gasteiger partial charge < -0.3 is 9.73 Å². The number of aromatic nitrogens is 2. The first kappa shape index (κ1) is 19.3. The number of anilines is 1. The van der Waals surface area contributed by atoms with Crippen molar-refractivity contribution < 1.29 is 13.7 Å². The Kier molecular flexibility index (Phi) is 5.21. The van der Waals surface area contributed by atoms with Crippen LogP contribution in [0.2, 0.25) is 0 Å². The zero-order chi connectivity index (χ0) is 21.1. The zero-order valence-electron chi connectivity index (χ0n) is 15.9. The predicted octanol–water partition coefficient (Wildman–Crippen LogP) is 5.29. The first-order chi connectivity index (χ1) is 14.5. The Labute approximate surface area is 171 Å². The van der Waals surface area contributed by atoms with E-state index in [0.29, 0.717) is 22.7 Å². The van der Waals surface area contributed by atoms with Crippen molar-refractivity contribution in [3.63, 3.8) is 0 Å². The number of halogens is 1. The molecule has 1 heterocycles. The number of nitrogens with zero attached hydrogens (tertiary/aromatic N) is 3. The third kappa shape index (κ3) is 3.88. The molecule has 0 saturated carbocycles. The lowest BCUT2D eigenvalue weighted by atomic mass is 10.0. The standard InChI is InChI=1S/C22H17FN4O3/c1-14-13-16(27(28)29)11-12-19(14)24-20(17-9-5-6-10-18(17)23)22-26-25-21(30-22)15-7-3-2-4-8-15/h2-13,20,24H,1H3/t20-/m0/s1. The second-order valence-electron chi connectivity index (χ2n) is 6.67. The SMILES string of the molecule is Cc1cc([N+](=O)[O-])ccc1N[C@H](c1nnc(-c2ccccc2)o1)c1ccccc1F. The average molecular weight is 404 g/mol. The highest BCUT2D eigenvalue weighted by Crippen LogP contribution is 2.32. The van der Waals surface area contributed by atoms with Gasteiger partial charge in [-0.1, -0.05) is 36.4 Å². The molecule has 8 heteroatoms. The van der Waals surface area contributed by atoms with E-state index in [4.69, 9.17) is 4.42 Å². The summed E-state index contributed by atoms with van der Waals surface area (Å²) in [5.41, 5.74) is 2.26. The van der Waals surface area contributed by atoms with Crippen LogP contribution < -0.4 is 5.32 Å².